The van der Waals surface area contributed by atoms with Crippen LogP contribution in [0.4, 0.5) is 0 Å². The minimum absolute atomic E-state index is 0.0332. The summed E-state index contributed by atoms with van der Waals surface area (Å²) in [5.74, 6) is -1.85. The molecular formula is C15H18Cl2N2O5. The maximum Gasteiger partial charge on any atom is 0.326 e. The minimum Gasteiger partial charge on any atom is -0.481 e. The SMILES string of the molecule is CC(=O)NCCN(C(=O)COc1c(Cl)cccc1Cl)C(C)C(=O)O. The first kappa shape index (κ1) is 20.1. The van der Waals surface area contributed by atoms with Crippen molar-refractivity contribution < 1.29 is 24.2 Å². The van der Waals surface area contributed by atoms with Gasteiger partial charge in [0.15, 0.2) is 12.4 Å². The molecule has 0 bridgehead atoms. The maximum absolute atomic E-state index is 12.3. The third-order valence-corrected chi connectivity index (χ3v) is 3.73. The second-order valence-electron chi connectivity index (χ2n) is 4.92. The molecule has 132 valence electrons. The monoisotopic (exact) mass is 376 g/mol. The highest BCUT2D eigenvalue weighted by atomic mass is 35.5. The van der Waals surface area contributed by atoms with Crippen molar-refractivity contribution in [3.8, 4) is 5.75 Å². The zero-order valence-electron chi connectivity index (χ0n) is 13.2. The number of para-hydroxylation sites is 1. The van der Waals surface area contributed by atoms with Gasteiger partial charge >= 0.3 is 5.97 Å². The van der Waals surface area contributed by atoms with E-state index in [2.05, 4.69) is 5.32 Å². The van der Waals surface area contributed by atoms with Crippen LogP contribution in [0.15, 0.2) is 18.2 Å². The summed E-state index contributed by atoms with van der Waals surface area (Å²) >= 11 is 11.9. The number of rotatable bonds is 8. The lowest BCUT2D eigenvalue weighted by Gasteiger charge is -2.26. The average Bonchev–Trinajstić information content (AvgIpc) is 2.49. The van der Waals surface area contributed by atoms with Crippen LogP contribution in [0.2, 0.25) is 10.0 Å². The lowest BCUT2D eigenvalue weighted by atomic mass is 10.2. The Balaban J connectivity index is 2.76. The lowest BCUT2D eigenvalue weighted by Crippen LogP contribution is -2.48. The topological polar surface area (TPSA) is 95.9 Å². The smallest absolute Gasteiger partial charge is 0.326 e. The molecule has 1 atom stereocenters. The second kappa shape index (κ2) is 9.34. The van der Waals surface area contributed by atoms with Crippen LogP contribution in [-0.4, -0.2) is 53.5 Å². The summed E-state index contributed by atoms with van der Waals surface area (Å²) in [6, 6.07) is 3.67. The van der Waals surface area contributed by atoms with Gasteiger partial charge in [0, 0.05) is 20.0 Å². The predicted molar refractivity (Wildman–Crippen MR) is 89.5 cm³/mol. The maximum atomic E-state index is 12.3. The molecule has 0 spiro atoms. The van der Waals surface area contributed by atoms with Crippen molar-refractivity contribution in [1.29, 1.82) is 0 Å². The normalized spacial score (nSPS) is 11.5. The van der Waals surface area contributed by atoms with E-state index in [1.165, 1.54) is 13.8 Å². The Labute approximate surface area is 149 Å². The van der Waals surface area contributed by atoms with Gasteiger partial charge in [-0.25, -0.2) is 4.79 Å². The summed E-state index contributed by atoms with van der Waals surface area (Å²) in [5.41, 5.74) is 0. The molecule has 7 nitrogen and oxygen atoms in total. The number of halogens is 2. The van der Waals surface area contributed by atoms with E-state index in [4.69, 9.17) is 33.0 Å². The van der Waals surface area contributed by atoms with Crippen LogP contribution >= 0.6 is 23.2 Å². The van der Waals surface area contributed by atoms with Gasteiger partial charge in [0.2, 0.25) is 5.91 Å². The van der Waals surface area contributed by atoms with Crippen LogP contribution in [-0.2, 0) is 14.4 Å². The van der Waals surface area contributed by atoms with Crippen molar-refractivity contribution in [3.63, 3.8) is 0 Å². The Kier molecular flexibility index (Phi) is 7.81. The molecule has 9 heteroatoms. The van der Waals surface area contributed by atoms with Gasteiger partial charge in [-0.1, -0.05) is 29.3 Å². The molecule has 2 N–H and O–H groups in total. The summed E-state index contributed by atoms with van der Waals surface area (Å²) in [6.45, 7) is 2.43. The molecule has 0 saturated carbocycles. The highest BCUT2D eigenvalue weighted by molar-refractivity contribution is 6.37. The third kappa shape index (κ3) is 5.90. The minimum atomic E-state index is -1.16. The van der Waals surface area contributed by atoms with Crippen molar-refractivity contribution in [1.82, 2.24) is 10.2 Å². The van der Waals surface area contributed by atoms with Gasteiger partial charge in [0.05, 0.1) is 10.0 Å². The first-order valence-corrected chi connectivity index (χ1v) is 7.83. The molecule has 0 aromatic heterocycles. The largest absolute Gasteiger partial charge is 0.481 e. The van der Waals surface area contributed by atoms with Crippen molar-refractivity contribution >= 4 is 41.0 Å². The zero-order chi connectivity index (χ0) is 18.3. The van der Waals surface area contributed by atoms with E-state index in [1.54, 1.807) is 18.2 Å². The summed E-state index contributed by atoms with van der Waals surface area (Å²) in [6.07, 6.45) is 0. The number of aliphatic carboxylic acids is 1. The molecule has 0 radical (unpaired) electrons. The lowest BCUT2D eigenvalue weighted by molar-refractivity contribution is -0.150. The standard InChI is InChI=1S/C15H18Cl2N2O5/c1-9(15(22)23)19(7-6-18-10(2)20)13(21)8-24-14-11(16)4-3-5-12(14)17/h3-5,9H,6-8H2,1-2H3,(H,18,20)(H,22,23). The molecule has 0 heterocycles. The Bertz CT molecular complexity index is 604. The molecule has 1 rings (SSSR count). The molecule has 24 heavy (non-hydrogen) atoms. The van der Waals surface area contributed by atoms with E-state index < -0.39 is 24.5 Å². The van der Waals surface area contributed by atoms with Gasteiger partial charge in [-0.15, -0.1) is 0 Å². The van der Waals surface area contributed by atoms with Crippen LogP contribution in [0.3, 0.4) is 0 Å². The highest BCUT2D eigenvalue weighted by Gasteiger charge is 2.26. The molecule has 0 aliphatic rings. The van der Waals surface area contributed by atoms with Crippen molar-refractivity contribution in [2.75, 3.05) is 19.7 Å². The number of nitrogens with zero attached hydrogens (tertiary/aromatic N) is 1. The molecular weight excluding hydrogens is 359 g/mol. The zero-order valence-corrected chi connectivity index (χ0v) is 14.7. The third-order valence-electron chi connectivity index (χ3n) is 3.13. The number of benzene rings is 1. The van der Waals surface area contributed by atoms with E-state index in [1.807, 2.05) is 0 Å². The highest BCUT2D eigenvalue weighted by Crippen LogP contribution is 2.32. The van der Waals surface area contributed by atoms with Crippen LogP contribution in [0, 0.1) is 0 Å². The Morgan fingerprint density at radius 3 is 2.38 bits per heavy atom. The van der Waals surface area contributed by atoms with Gasteiger partial charge in [0.1, 0.15) is 6.04 Å². The molecule has 1 aromatic rings. The Hall–Kier alpha value is -1.99. The van der Waals surface area contributed by atoms with Crippen molar-refractivity contribution in [2.24, 2.45) is 0 Å². The number of carboxylic acid groups (broad SMARTS) is 1. The van der Waals surface area contributed by atoms with E-state index in [0.29, 0.717) is 0 Å². The van der Waals surface area contributed by atoms with Crippen LogP contribution < -0.4 is 10.1 Å². The van der Waals surface area contributed by atoms with E-state index in [0.717, 1.165) is 4.90 Å². The molecule has 0 saturated heterocycles. The van der Waals surface area contributed by atoms with Crippen LogP contribution in [0.25, 0.3) is 0 Å². The van der Waals surface area contributed by atoms with E-state index in [-0.39, 0.29) is 34.8 Å². The van der Waals surface area contributed by atoms with Crippen LogP contribution in [0.1, 0.15) is 13.8 Å². The van der Waals surface area contributed by atoms with Gasteiger partial charge in [-0.05, 0) is 19.1 Å². The average molecular weight is 377 g/mol. The quantitative estimate of drug-likeness (QED) is 0.721. The number of hydrogen-bond donors (Lipinski definition) is 2. The van der Waals surface area contributed by atoms with Gasteiger partial charge < -0.3 is 20.1 Å². The number of nitrogens with one attached hydrogen (secondary N) is 1. The predicted octanol–water partition coefficient (Wildman–Crippen LogP) is 1.81. The van der Waals surface area contributed by atoms with Crippen LogP contribution in [0.5, 0.6) is 5.75 Å². The number of carbonyl (C=O) groups excluding carboxylic acids is 2. The van der Waals surface area contributed by atoms with Gasteiger partial charge in [-0.3, -0.25) is 9.59 Å². The summed E-state index contributed by atoms with van der Waals surface area (Å²) in [4.78, 5) is 35.5. The Morgan fingerprint density at radius 1 is 1.29 bits per heavy atom. The molecule has 0 fully saturated rings. The first-order valence-electron chi connectivity index (χ1n) is 7.07. The van der Waals surface area contributed by atoms with Gasteiger partial charge in [-0.2, -0.15) is 0 Å². The fraction of sp³-hybridized carbons (Fsp3) is 0.400. The summed E-state index contributed by atoms with van der Waals surface area (Å²) in [7, 11) is 0. The summed E-state index contributed by atoms with van der Waals surface area (Å²) in [5, 5.41) is 12.1. The number of carbonyl (C=O) groups is 3. The number of ether oxygens (including phenoxy) is 1. The number of carboxylic acids is 1. The fourth-order valence-electron chi connectivity index (χ4n) is 1.86. The van der Waals surface area contributed by atoms with E-state index >= 15 is 0 Å². The second-order valence-corrected chi connectivity index (χ2v) is 5.74. The molecule has 0 aliphatic carbocycles. The summed E-state index contributed by atoms with van der Waals surface area (Å²) < 4.78 is 5.33. The molecule has 1 aromatic carbocycles. The van der Waals surface area contributed by atoms with Gasteiger partial charge in [0.25, 0.3) is 5.91 Å². The molecule has 2 amide bonds. The van der Waals surface area contributed by atoms with E-state index in [9.17, 15) is 14.4 Å². The molecule has 0 aliphatic heterocycles. The Morgan fingerprint density at radius 2 is 1.88 bits per heavy atom. The number of amides is 2. The first-order chi connectivity index (χ1) is 11.2. The fourth-order valence-corrected chi connectivity index (χ4v) is 2.36. The molecule has 1 unspecified atom stereocenters. The number of hydrogen-bond acceptors (Lipinski definition) is 4. The van der Waals surface area contributed by atoms with Crippen molar-refractivity contribution in [3.05, 3.63) is 28.2 Å². The van der Waals surface area contributed by atoms with Crippen molar-refractivity contribution in [2.45, 2.75) is 19.9 Å².